The van der Waals surface area contributed by atoms with E-state index >= 15 is 0 Å². The van der Waals surface area contributed by atoms with E-state index in [1.165, 1.54) is 66.3 Å². The summed E-state index contributed by atoms with van der Waals surface area (Å²) in [5.41, 5.74) is 1.27. The van der Waals surface area contributed by atoms with Crippen LogP contribution in [0.25, 0.3) is 21.8 Å². The van der Waals surface area contributed by atoms with Gasteiger partial charge in [-0.3, -0.25) is 19.2 Å². The first-order chi connectivity index (χ1) is 38.1. The van der Waals surface area contributed by atoms with Crippen molar-refractivity contribution >= 4 is 55.2 Å². The van der Waals surface area contributed by atoms with Gasteiger partial charge in [-0.2, -0.15) is 48.1 Å². The number of nitrogens with zero attached hydrogens (tertiary/aromatic N) is 8. The van der Waals surface area contributed by atoms with Gasteiger partial charge in [-0.15, -0.1) is 0 Å². The van der Waals surface area contributed by atoms with Gasteiger partial charge in [0.1, 0.15) is 22.6 Å². The number of benzene rings is 4. The number of aryl methyl sites for hydroxylation is 2. The Bertz CT molecular complexity index is 3800. The zero-order chi connectivity index (χ0) is 56.9. The van der Waals surface area contributed by atoms with Crippen molar-refractivity contribution in [3.05, 3.63) is 188 Å². The third-order valence-electron chi connectivity index (χ3n) is 13.5. The third-order valence-corrected chi connectivity index (χ3v) is 16.1. The Morgan fingerprint density at radius 3 is 1.38 bits per heavy atom. The second kappa shape index (κ2) is 23.7. The lowest BCUT2D eigenvalue weighted by Gasteiger charge is -2.29. The summed E-state index contributed by atoms with van der Waals surface area (Å²) in [4.78, 5) is 71.0. The third kappa shape index (κ3) is 13.3. The molecule has 10 rings (SSSR count). The highest BCUT2D eigenvalue weighted by Crippen LogP contribution is 2.39. The number of pyridine rings is 2. The van der Waals surface area contributed by atoms with Crippen LogP contribution in [0.4, 0.5) is 26.3 Å². The lowest BCUT2D eigenvalue weighted by Crippen LogP contribution is -2.44. The maximum atomic E-state index is 13.4. The molecule has 2 fully saturated rings. The molecule has 0 N–H and O–H groups in total. The minimum Gasteiger partial charge on any atom is -0.438 e. The topological polar surface area (TPSA) is 189 Å². The maximum Gasteiger partial charge on any atom is 0.421 e. The molecule has 4 aromatic carbocycles. The number of hydrogen-bond donors (Lipinski definition) is 0. The smallest absolute Gasteiger partial charge is 0.421 e. The molecular formula is C56H50F6N8O8S2. The molecule has 4 aromatic heterocycles. The van der Waals surface area contributed by atoms with Crippen molar-refractivity contribution in [3.8, 4) is 23.3 Å². The largest absolute Gasteiger partial charge is 0.438 e. The fourth-order valence-corrected chi connectivity index (χ4v) is 11.3. The molecule has 2 unspecified atom stereocenters. The van der Waals surface area contributed by atoms with E-state index < -0.39 is 68.3 Å². The van der Waals surface area contributed by atoms with Crippen LogP contribution in [0.15, 0.2) is 144 Å². The van der Waals surface area contributed by atoms with Crippen molar-refractivity contribution in [1.82, 2.24) is 38.9 Å². The number of alkyl halides is 6. The van der Waals surface area contributed by atoms with Crippen molar-refractivity contribution < 1.29 is 53.8 Å². The molecule has 2 saturated heterocycles. The van der Waals surface area contributed by atoms with Gasteiger partial charge in [0.2, 0.25) is 23.6 Å². The number of halogens is 6. The van der Waals surface area contributed by atoms with E-state index in [-0.39, 0.29) is 71.5 Å². The van der Waals surface area contributed by atoms with Crippen LogP contribution in [0, 0.1) is 13.8 Å². The van der Waals surface area contributed by atoms with E-state index in [4.69, 9.17) is 9.47 Å². The van der Waals surface area contributed by atoms with E-state index in [9.17, 15) is 53.9 Å². The first kappa shape index (κ1) is 56.6. The number of thioether (sulfide) groups is 1. The number of carbonyl (C=O) groups excluding carboxylic acids is 2. The Kier molecular flexibility index (Phi) is 16.8. The first-order valence-electron chi connectivity index (χ1n) is 25.0. The van der Waals surface area contributed by atoms with Gasteiger partial charge in [-0.25, -0.2) is 18.4 Å². The second-order valence-corrected chi connectivity index (χ2v) is 22.5. The second-order valence-electron chi connectivity index (χ2n) is 19.0. The van der Waals surface area contributed by atoms with Gasteiger partial charge in [-0.05, 0) is 85.6 Å². The van der Waals surface area contributed by atoms with Crippen LogP contribution >= 0.6 is 11.8 Å². The monoisotopic (exact) mass is 1140 g/mol. The van der Waals surface area contributed by atoms with Gasteiger partial charge in [0.05, 0.1) is 70.9 Å². The minimum absolute atomic E-state index is 0.00232. The Hall–Kier alpha value is -8.12. The van der Waals surface area contributed by atoms with E-state index in [0.717, 1.165) is 52.0 Å². The summed E-state index contributed by atoms with van der Waals surface area (Å²) in [6, 6.07) is 26.9. The van der Waals surface area contributed by atoms with Crippen molar-refractivity contribution in [2.45, 2.75) is 51.1 Å². The van der Waals surface area contributed by atoms with Crippen LogP contribution in [0.1, 0.15) is 58.3 Å². The van der Waals surface area contributed by atoms with Crippen molar-refractivity contribution in [1.29, 1.82) is 0 Å². The van der Waals surface area contributed by atoms with Gasteiger partial charge in [0, 0.05) is 50.1 Å². The summed E-state index contributed by atoms with van der Waals surface area (Å²) in [5, 5.41) is 0.224. The molecular weight excluding hydrogens is 1090 g/mol. The quantitative estimate of drug-likeness (QED) is 0.105. The van der Waals surface area contributed by atoms with Crippen molar-refractivity contribution in [2.75, 3.05) is 49.2 Å². The fourth-order valence-electron chi connectivity index (χ4n) is 9.23. The van der Waals surface area contributed by atoms with Gasteiger partial charge in [0.15, 0.2) is 9.84 Å². The van der Waals surface area contributed by atoms with E-state index in [1.807, 2.05) is 79.0 Å². The van der Waals surface area contributed by atoms with Crippen LogP contribution in [0.2, 0.25) is 0 Å². The van der Waals surface area contributed by atoms with Crippen molar-refractivity contribution in [3.63, 3.8) is 0 Å². The van der Waals surface area contributed by atoms with Crippen molar-refractivity contribution in [2.24, 2.45) is 0 Å². The summed E-state index contributed by atoms with van der Waals surface area (Å²) in [7, 11) is -3.18. The molecule has 0 bridgehead atoms. The molecule has 24 heteroatoms. The Morgan fingerprint density at radius 1 is 0.575 bits per heavy atom. The van der Waals surface area contributed by atoms with Crippen LogP contribution < -0.4 is 20.6 Å². The number of aromatic nitrogens is 6. The molecule has 0 radical (unpaired) electrons. The lowest BCUT2D eigenvalue weighted by molar-refractivity contribution is -0.139. The molecule has 6 heterocycles. The summed E-state index contributed by atoms with van der Waals surface area (Å²) in [6.45, 7) is 5.45. The summed E-state index contributed by atoms with van der Waals surface area (Å²) < 4.78 is 119. The van der Waals surface area contributed by atoms with E-state index in [1.54, 1.807) is 15.2 Å². The summed E-state index contributed by atoms with van der Waals surface area (Å²) in [6.07, 6.45) is -4.12. The molecule has 2 aliphatic rings. The van der Waals surface area contributed by atoms with E-state index in [0.29, 0.717) is 24.1 Å². The highest BCUT2D eigenvalue weighted by molar-refractivity contribution is 7.99. The molecule has 80 heavy (non-hydrogen) atoms. The standard InChI is InChI=1S/C28H25F3N4O5S.C28H25F3N4O3S/c1-18-4-6-19(7-5-18)24(16-25(36)34-11-13-41(38,39)14-12-34)35-17-33-26(37)21-15-20(8-9-23(21)35)40-27-22(28(29,30)31)3-2-10-32-27;1-18-4-6-19(7-5-18)24(16-25(36)34-11-13-39-14-12-34)35-17-33-26(37)21-15-20(8-9-23(21)35)38-27-22(28(29,30)31)3-2-10-32-27/h2-10,15,17,24H,11-14,16H2,1H3;2-10,15,17,24H,11-14,16H2,1H3. The molecule has 2 aliphatic heterocycles. The van der Waals surface area contributed by atoms with Crippen LogP contribution in [0.5, 0.6) is 23.3 Å². The zero-order valence-corrected chi connectivity index (χ0v) is 44.5. The maximum absolute atomic E-state index is 13.4. The molecule has 0 spiro atoms. The Balaban J connectivity index is 0.000000194. The predicted molar refractivity (Wildman–Crippen MR) is 288 cm³/mol. The van der Waals surface area contributed by atoms with Gasteiger partial charge in [0.25, 0.3) is 11.1 Å². The highest BCUT2D eigenvalue weighted by atomic mass is 32.2. The molecule has 2 amide bonds. The molecule has 8 aromatic rings. The number of rotatable bonds is 12. The Labute approximate surface area is 458 Å². The molecule has 0 saturated carbocycles. The highest BCUT2D eigenvalue weighted by Gasteiger charge is 2.37. The number of sulfone groups is 1. The summed E-state index contributed by atoms with van der Waals surface area (Å²) in [5.74, 6) is 0.00277. The average Bonchev–Trinajstić information content (AvgIpc) is 3.55. The SMILES string of the molecule is Cc1ccc(C(CC(=O)N2CCS(=O)(=O)CC2)n2cnc(=O)c3cc(Oc4ncccc4C(F)(F)F)ccc32)cc1.Cc1ccc(C(CC(=O)N2CCSCC2)n2cnc(=O)c3cc(Oc4ncccc4C(F)(F)F)ccc32)cc1. The number of carbonyl (C=O) groups is 2. The predicted octanol–water partition coefficient (Wildman–Crippen LogP) is 9.61. The number of fused-ring (bicyclic) bond motifs is 2. The Morgan fingerprint density at radius 2 is 0.975 bits per heavy atom. The van der Waals surface area contributed by atoms with Crippen LogP contribution in [0.3, 0.4) is 0 Å². The van der Waals surface area contributed by atoms with Crippen LogP contribution in [-0.2, 0) is 31.8 Å². The van der Waals surface area contributed by atoms with Gasteiger partial charge < -0.3 is 28.4 Å². The minimum atomic E-state index is -4.69. The van der Waals surface area contributed by atoms with Gasteiger partial charge >= 0.3 is 12.4 Å². The van der Waals surface area contributed by atoms with Gasteiger partial charge in [-0.1, -0.05) is 59.7 Å². The number of ether oxygens (including phenoxy) is 2. The molecule has 2 atom stereocenters. The van der Waals surface area contributed by atoms with E-state index in [2.05, 4.69) is 19.9 Å². The molecule has 416 valence electrons. The molecule has 16 nitrogen and oxygen atoms in total. The lowest BCUT2D eigenvalue weighted by atomic mass is 10.0. The zero-order valence-electron chi connectivity index (χ0n) is 42.9. The normalized spacial score (nSPS) is 15.4. The van der Waals surface area contributed by atoms with Crippen LogP contribution in [-0.4, -0.2) is 108 Å². The summed E-state index contributed by atoms with van der Waals surface area (Å²) >= 11 is 1.81. The number of hydrogen-bond acceptors (Lipinski definition) is 13. The fraction of sp³-hybridized carbons (Fsp3) is 0.286. The first-order valence-corrected chi connectivity index (χ1v) is 28.0. The average molecular weight is 1140 g/mol. The molecule has 0 aliphatic carbocycles. The number of amides is 2.